The zero-order chi connectivity index (χ0) is 15.1. The molecule has 1 amide bonds. The highest BCUT2D eigenvalue weighted by Crippen LogP contribution is 2.20. The monoisotopic (exact) mass is 327 g/mol. The van der Waals surface area contributed by atoms with Gasteiger partial charge in [-0.1, -0.05) is 12.5 Å². The van der Waals surface area contributed by atoms with Gasteiger partial charge in [0.1, 0.15) is 5.75 Å². The van der Waals surface area contributed by atoms with Crippen LogP contribution in [0.15, 0.2) is 24.3 Å². The standard InChI is InChI=1S/C16H25N3O2.ClH/c1-21-15-7-4-5-13(11-15)18-16(20)12-19-10-3-2-6-14(19)8-9-17;/h4-5,7,11,14H,2-3,6,8-10,12,17H2,1H3,(H,18,20);1H. The van der Waals surface area contributed by atoms with Crippen LogP contribution in [0.5, 0.6) is 5.75 Å². The zero-order valence-corrected chi connectivity index (χ0v) is 13.9. The van der Waals surface area contributed by atoms with E-state index in [2.05, 4.69) is 10.2 Å². The second-order valence-corrected chi connectivity index (χ2v) is 5.48. The Bertz CT molecular complexity index is 468. The van der Waals surface area contributed by atoms with E-state index in [1.54, 1.807) is 7.11 Å². The van der Waals surface area contributed by atoms with Crippen molar-refractivity contribution in [2.45, 2.75) is 31.7 Å². The molecule has 0 spiro atoms. The van der Waals surface area contributed by atoms with Crippen LogP contribution in [-0.4, -0.2) is 43.6 Å². The molecule has 1 unspecified atom stereocenters. The van der Waals surface area contributed by atoms with E-state index >= 15 is 0 Å². The van der Waals surface area contributed by atoms with E-state index in [-0.39, 0.29) is 18.3 Å². The maximum atomic E-state index is 12.2. The summed E-state index contributed by atoms with van der Waals surface area (Å²) in [6.07, 6.45) is 4.50. The number of nitrogens with two attached hydrogens (primary N) is 1. The van der Waals surface area contributed by atoms with Crippen molar-refractivity contribution in [2.75, 3.05) is 32.1 Å². The molecule has 2 rings (SSSR count). The average molecular weight is 328 g/mol. The first-order valence-corrected chi connectivity index (χ1v) is 7.61. The molecule has 1 heterocycles. The third-order valence-corrected chi connectivity index (χ3v) is 3.95. The lowest BCUT2D eigenvalue weighted by Crippen LogP contribution is -2.44. The number of nitrogens with zero attached hydrogens (tertiary/aromatic N) is 1. The topological polar surface area (TPSA) is 67.6 Å². The summed E-state index contributed by atoms with van der Waals surface area (Å²) < 4.78 is 5.16. The van der Waals surface area contributed by atoms with Gasteiger partial charge in [-0.05, 0) is 44.5 Å². The Kier molecular flexibility index (Phi) is 8.24. The highest BCUT2D eigenvalue weighted by Gasteiger charge is 2.23. The second-order valence-electron chi connectivity index (χ2n) is 5.48. The number of ether oxygens (including phenoxy) is 1. The summed E-state index contributed by atoms with van der Waals surface area (Å²) in [7, 11) is 1.62. The number of hydrogen-bond donors (Lipinski definition) is 2. The number of halogens is 1. The van der Waals surface area contributed by atoms with Crippen LogP contribution >= 0.6 is 12.4 Å². The molecule has 0 aromatic heterocycles. The van der Waals surface area contributed by atoms with E-state index in [0.717, 1.165) is 37.2 Å². The Balaban J connectivity index is 0.00000242. The molecule has 22 heavy (non-hydrogen) atoms. The summed E-state index contributed by atoms with van der Waals surface area (Å²) in [6, 6.07) is 7.86. The molecule has 0 bridgehead atoms. The molecule has 1 aliphatic heterocycles. The van der Waals surface area contributed by atoms with Gasteiger partial charge in [0, 0.05) is 17.8 Å². The van der Waals surface area contributed by atoms with Crippen LogP contribution in [0.3, 0.4) is 0 Å². The number of carbonyl (C=O) groups excluding carboxylic acids is 1. The smallest absolute Gasteiger partial charge is 0.238 e. The van der Waals surface area contributed by atoms with Crippen molar-refractivity contribution < 1.29 is 9.53 Å². The molecule has 5 nitrogen and oxygen atoms in total. The van der Waals surface area contributed by atoms with Gasteiger partial charge < -0.3 is 15.8 Å². The Morgan fingerprint density at radius 1 is 1.45 bits per heavy atom. The molecule has 6 heteroatoms. The molecule has 0 saturated carbocycles. The normalized spacial score (nSPS) is 18.4. The Labute approximate surface area is 138 Å². The van der Waals surface area contributed by atoms with Crippen molar-refractivity contribution in [3.63, 3.8) is 0 Å². The largest absolute Gasteiger partial charge is 0.497 e. The first-order chi connectivity index (χ1) is 10.2. The molecule has 3 N–H and O–H groups in total. The Morgan fingerprint density at radius 3 is 3.00 bits per heavy atom. The van der Waals surface area contributed by atoms with Crippen molar-refractivity contribution >= 4 is 24.0 Å². The molecular weight excluding hydrogens is 302 g/mol. The number of nitrogens with one attached hydrogen (secondary N) is 1. The highest BCUT2D eigenvalue weighted by atomic mass is 35.5. The number of benzene rings is 1. The van der Waals surface area contributed by atoms with Crippen LogP contribution in [0, 0.1) is 0 Å². The SMILES string of the molecule is COc1cccc(NC(=O)CN2CCCCC2CCN)c1.Cl. The molecule has 1 saturated heterocycles. The van der Waals surface area contributed by atoms with E-state index in [1.807, 2.05) is 24.3 Å². The van der Waals surface area contributed by atoms with Gasteiger partial charge >= 0.3 is 0 Å². The van der Waals surface area contributed by atoms with Crippen molar-refractivity contribution in [1.29, 1.82) is 0 Å². The first-order valence-electron chi connectivity index (χ1n) is 7.61. The molecular formula is C16H26ClN3O2. The molecule has 0 radical (unpaired) electrons. The lowest BCUT2D eigenvalue weighted by atomic mass is 9.99. The van der Waals surface area contributed by atoms with Gasteiger partial charge in [-0.25, -0.2) is 0 Å². The van der Waals surface area contributed by atoms with Crippen LogP contribution in [0.2, 0.25) is 0 Å². The van der Waals surface area contributed by atoms with Crippen LogP contribution in [0.25, 0.3) is 0 Å². The third kappa shape index (κ3) is 5.48. The Hall–Kier alpha value is -1.30. The van der Waals surface area contributed by atoms with Crippen molar-refractivity contribution in [1.82, 2.24) is 4.90 Å². The van der Waals surface area contributed by atoms with Crippen molar-refractivity contribution in [2.24, 2.45) is 5.73 Å². The van der Waals surface area contributed by atoms with E-state index < -0.39 is 0 Å². The number of hydrogen-bond acceptors (Lipinski definition) is 4. The summed E-state index contributed by atoms with van der Waals surface area (Å²) >= 11 is 0. The van der Waals surface area contributed by atoms with Crippen LogP contribution < -0.4 is 15.8 Å². The van der Waals surface area contributed by atoms with Crippen molar-refractivity contribution in [3.8, 4) is 5.75 Å². The average Bonchev–Trinajstić information content (AvgIpc) is 2.49. The summed E-state index contributed by atoms with van der Waals surface area (Å²) in [4.78, 5) is 14.5. The van der Waals surface area contributed by atoms with Gasteiger partial charge in [-0.2, -0.15) is 0 Å². The fraction of sp³-hybridized carbons (Fsp3) is 0.562. The van der Waals surface area contributed by atoms with Gasteiger partial charge in [0.05, 0.1) is 13.7 Å². The fourth-order valence-electron chi connectivity index (χ4n) is 2.87. The minimum atomic E-state index is 0. The van der Waals surface area contributed by atoms with Gasteiger partial charge in [0.15, 0.2) is 0 Å². The van der Waals surface area contributed by atoms with Gasteiger partial charge in [0.25, 0.3) is 0 Å². The summed E-state index contributed by atoms with van der Waals surface area (Å²) in [5.74, 6) is 0.763. The van der Waals surface area contributed by atoms with E-state index in [9.17, 15) is 4.79 Å². The predicted molar refractivity (Wildman–Crippen MR) is 91.8 cm³/mol. The minimum absolute atomic E-state index is 0. The van der Waals surface area contributed by atoms with Crippen LogP contribution in [0.4, 0.5) is 5.69 Å². The summed E-state index contributed by atoms with van der Waals surface area (Å²) in [5.41, 5.74) is 6.44. The van der Waals surface area contributed by atoms with E-state index in [0.29, 0.717) is 19.1 Å². The number of rotatable bonds is 6. The maximum absolute atomic E-state index is 12.2. The molecule has 1 fully saturated rings. The Morgan fingerprint density at radius 2 is 2.27 bits per heavy atom. The molecule has 124 valence electrons. The number of amides is 1. The third-order valence-electron chi connectivity index (χ3n) is 3.95. The van der Waals surface area contributed by atoms with E-state index in [4.69, 9.17) is 10.5 Å². The first kappa shape index (κ1) is 18.7. The van der Waals surface area contributed by atoms with Gasteiger partial charge in [0.2, 0.25) is 5.91 Å². The maximum Gasteiger partial charge on any atom is 0.238 e. The second kappa shape index (κ2) is 9.66. The molecule has 1 atom stereocenters. The number of likely N-dealkylation sites (tertiary alicyclic amines) is 1. The molecule has 0 aliphatic carbocycles. The summed E-state index contributed by atoms with van der Waals surface area (Å²) in [6.45, 7) is 2.09. The minimum Gasteiger partial charge on any atom is -0.497 e. The number of anilines is 1. The van der Waals surface area contributed by atoms with Crippen LogP contribution in [0.1, 0.15) is 25.7 Å². The number of carbonyl (C=O) groups is 1. The fourth-order valence-corrected chi connectivity index (χ4v) is 2.87. The lowest BCUT2D eigenvalue weighted by Gasteiger charge is -2.35. The van der Waals surface area contributed by atoms with E-state index in [1.165, 1.54) is 6.42 Å². The number of piperidine rings is 1. The molecule has 1 aromatic carbocycles. The molecule has 1 aliphatic rings. The van der Waals surface area contributed by atoms with Crippen LogP contribution in [-0.2, 0) is 4.79 Å². The summed E-state index contributed by atoms with van der Waals surface area (Å²) in [5, 5.41) is 2.93. The highest BCUT2D eigenvalue weighted by molar-refractivity contribution is 5.92. The van der Waals surface area contributed by atoms with Gasteiger partial charge in [-0.15, -0.1) is 12.4 Å². The number of methoxy groups -OCH3 is 1. The molecule has 1 aromatic rings. The predicted octanol–water partition coefficient (Wildman–Crippen LogP) is 2.26. The quantitative estimate of drug-likeness (QED) is 0.841. The van der Waals surface area contributed by atoms with Gasteiger partial charge in [-0.3, -0.25) is 9.69 Å². The van der Waals surface area contributed by atoms with Crippen molar-refractivity contribution in [3.05, 3.63) is 24.3 Å². The lowest BCUT2D eigenvalue weighted by molar-refractivity contribution is -0.118. The zero-order valence-electron chi connectivity index (χ0n) is 13.1.